The summed E-state index contributed by atoms with van der Waals surface area (Å²) < 4.78 is 24.4. The molecule has 6 heteroatoms. The molecule has 2 aromatic carbocycles. The minimum atomic E-state index is -0.665. The number of aliphatic hydroxyl groups is 1. The number of halogens is 1. The quantitative estimate of drug-likeness (QED) is 0.890. The van der Waals surface area contributed by atoms with E-state index in [1.54, 1.807) is 18.2 Å². The molecule has 1 atom stereocenters. The van der Waals surface area contributed by atoms with E-state index in [1.807, 2.05) is 13.8 Å². The van der Waals surface area contributed by atoms with E-state index in [9.17, 15) is 14.3 Å². The SMILES string of the molecule is COc1cc(C(=O)Nc2cccc3c2OC(C)(C)CC3O)ccc1F. The van der Waals surface area contributed by atoms with Crippen molar-refractivity contribution in [3.8, 4) is 11.5 Å². The van der Waals surface area contributed by atoms with E-state index in [2.05, 4.69) is 5.32 Å². The summed E-state index contributed by atoms with van der Waals surface area (Å²) in [5, 5.41) is 13.1. The van der Waals surface area contributed by atoms with E-state index in [1.165, 1.54) is 25.3 Å². The second kappa shape index (κ2) is 6.37. The second-order valence-electron chi connectivity index (χ2n) is 6.61. The van der Waals surface area contributed by atoms with Crippen molar-refractivity contribution in [2.24, 2.45) is 0 Å². The number of aliphatic hydroxyl groups excluding tert-OH is 1. The lowest BCUT2D eigenvalue weighted by Gasteiger charge is -2.36. The molecule has 0 radical (unpaired) electrons. The average Bonchev–Trinajstić information content (AvgIpc) is 2.55. The van der Waals surface area contributed by atoms with Crippen LogP contribution in [0.15, 0.2) is 36.4 Å². The molecule has 1 aliphatic heterocycles. The summed E-state index contributed by atoms with van der Waals surface area (Å²) >= 11 is 0. The average molecular weight is 345 g/mol. The molecule has 3 rings (SSSR count). The molecule has 1 amide bonds. The number of hydrogen-bond acceptors (Lipinski definition) is 4. The number of fused-ring (bicyclic) bond motifs is 1. The number of rotatable bonds is 3. The molecule has 0 saturated carbocycles. The molecule has 0 spiro atoms. The molecule has 0 saturated heterocycles. The third kappa shape index (κ3) is 3.44. The van der Waals surface area contributed by atoms with Gasteiger partial charge in [0.15, 0.2) is 11.6 Å². The van der Waals surface area contributed by atoms with Gasteiger partial charge in [-0.15, -0.1) is 0 Å². The van der Waals surface area contributed by atoms with Crippen LogP contribution in [0.5, 0.6) is 11.5 Å². The number of carbonyl (C=O) groups excluding carboxylic acids is 1. The highest BCUT2D eigenvalue weighted by Crippen LogP contribution is 2.43. The fraction of sp³-hybridized carbons (Fsp3) is 0.316. The van der Waals surface area contributed by atoms with E-state index in [0.29, 0.717) is 23.4 Å². The van der Waals surface area contributed by atoms with Crippen LogP contribution in [0.4, 0.5) is 10.1 Å². The molecule has 2 N–H and O–H groups in total. The monoisotopic (exact) mass is 345 g/mol. The summed E-state index contributed by atoms with van der Waals surface area (Å²) in [6.45, 7) is 3.76. The van der Waals surface area contributed by atoms with Crippen molar-refractivity contribution in [1.82, 2.24) is 0 Å². The largest absolute Gasteiger partial charge is 0.494 e. The van der Waals surface area contributed by atoms with Gasteiger partial charge in [-0.05, 0) is 38.1 Å². The van der Waals surface area contributed by atoms with Crippen molar-refractivity contribution < 1.29 is 23.8 Å². The predicted octanol–water partition coefficient (Wildman–Crippen LogP) is 3.68. The topological polar surface area (TPSA) is 67.8 Å². The minimum absolute atomic E-state index is 0.00412. The highest BCUT2D eigenvalue weighted by atomic mass is 19.1. The number of nitrogens with one attached hydrogen (secondary N) is 1. The molecule has 132 valence electrons. The number of para-hydroxylation sites is 1. The Balaban J connectivity index is 1.91. The van der Waals surface area contributed by atoms with Crippen molar-refractivity contribution in [2.45, 2.75) is 32.0 Å². The van der Waals surface area contributed by atoms with Gasteiger partial charge in [0.1, 0.15) is 11.4 Å². The maximum absolute atomic E-state index is 13.5. The fourth-order valence-corrected chi connectivity index (χ4v) is 2.92. The summed E-state index contributed by atoms with van der Waals surface area (Å²) in [5.74, 6) is -0.512. The Kier molecular flexibility index (Phi) is 4.39. The number of carbonyl (C=O) groups is 1. The van der Waals surface area contributed by atoms with Crippen molar-refractivity contribution in [1.29, 1.82) is 0 Å². The Morgan fingerprint density at radius 1 is 1.36 bits per heavy atom. The van der Waals surface area contributed by atoms with Crippen LogP contribution in [0.1, 0.15) is 42.3 Å². The molecular formula is C19H20FNO4. The first-order chi connectivity index (χ1) is 11.8. The Bertz CT molecular complexity index is 819. The number of hydrogen-bond donors (Lipinski definition) is 2. The normalized spacial score (nSPS) is 18.0. The van der Waals surface area contributed by atoms with Gasteiger partial charge >= 0.3 is 0 Å². The molecule has 25 heavy (non-hydrogen) atoms. The van der Waals surface area contributed by atoms with Crippen LogP contribution in [0.2, 0.25) is 0 Å². The van der Waals surface area contributed by atoms with Crippen molar-refractivity contribution in [2.75, 3.05) is 12.4 Å². The first-order valence-corrected chi connectivity index (χ1v) is 7.95. The molecule has 1 unspecified atom stereocenters. The lowest BCUT2D eigenvalue weighted by Crippen LogP contribution is -2.35. The van der Waals surface area contributed by atoms with Gasteiger partial charge in [0.05, 0.1) is 18.9 Å². The van der Waals surface area contributed by atoms with Gasteiger partial charge in [-0.1, -0.05) is 12.1 Å². The second-order valence-corrected chi connectivity index (χ2v) is 6.61. The highest BCUT2D eigenvalue weighted by Gasteiger charge is 2.34. The van der Waals surface area contributed by atoms with Gasteiger partial charge in [-0.25, -0.2) is 4.39 Å². The first-order valence-electron chi connectivity index (χ1n) is 7.95. The van der Waals surface area contributed by atoms with E-state index in [4.69, 9.17) is 9.47 Å². The van der Waals surface area contributed by atoms with Gasteiger partial charge < -0.3 is 19.9 Å². The van der Waals surface area contributed by atoms with Gasteiger partial charge in [0, 0.05) is 17.5 Å². The number of ether oxygens (including phenoxy) is 2. The maximum Gasteiger partial charge on any atom is 0.255 e. The van der Waals surface area contributed by atoms with Crippen molar-refractivity contribution in [3.63, 3.8) is 0 Å². The van der Waals surface area contributed by atoms with Crippen LogP contribution in [-0.4, -0.2) is 23.7 Å². The summed E-state index contributed by atoms with van der Waals surface area (Å²) in [7, 11) is 1.34. The molecule has 1 aliphatic rings. The van der Waals surface area contributed by atoms with Crippen molar-refractivity contribution in [3.05, 3.63) is 53.3 Å². The number of amides is 1. The lowest BCUT2D eigenvalue weighted by atomic mass is 9.91. The summed E-state index contributed by atoms with van der Waals surface area (Å²) in [4.78, 5) is 12.5. The highest BCUT2D eigenvalue weighted by molar-refractivity contribution is 6.05. The van der Waals surface area contributed by atoms with Crippen molar-refractivity contribution >= 4 is 11.6 Å². The number of methoxy groups -OCH3 is 1. The van der Waals surface area contributed by atoms with Gasteiger partial charge in [-0.3, -0.25) is 4.79 Å². The smallest absolute Gasteiger partial charge is 0.255 e. The van der Waals surface area contributed by atoms with Crippen LogP contribution in [-0.2, 0) is 0 Å². The molecule has 0 fully saturated rings. The van der Waals surface area contributed by atoms with Crippen LogP contribution >= 0.6 is 0 Å². The summed E-state index contributed by atoms with van der Waals surface area (Å²) in [6, 6.07) is 9.10. The molecular weight excluding hydrogens is 325 g/mol. The van der Waals surface area contributed by atoms with Crippen LogP contribution in [0.25, 0.3) is 0 Å². The van der Waals surface area contributed by atoms with Gasteiger partial charge in [-0.2, -0.15) is 0 Å². The number of benzene rings is 2. The van der Waals surface area contributed by atoms with E-state index < -0.39 is 23.4 Å². The summed E-state index contributed by atoms with van der Waals surface area (Å²) in [6.07, 6.45) is -0.200. The fourth-order valence-electron chi connectivity index (χ4n) is 2.92. The molecule has 1 heterocycles. The summed E-state index contributed by atoms with van der Waals surface area (Å²) in [5.41, 5.74) is 0.796. The van der Waals surface area contributed by atoms with E-state index in [-0.39, 0.29) is 11.3 Å². The Morgan fingerprint density at radius 2 is 2.12 bits per heavy atom. The van der Waals surface area contributed by atoms with Crippen LogP contribution in [0.3, 0.4) is 0 Å². The zero-order chi connectivity index (χ0) is 18.2. The van der Waals surface area contributed by atoms with Crippen LogP contribution < -0.4 is 14.8 Å². The van der Waals surface area contributed by atoms with Crippen LogP contribution in [0, 0.1) is 5.82 Å². The zero-order valence-electron chi connectivity index (χ0n) is 14.3. The number of anilines is 1. The third-order valence-corrected chi connectivity index (χ3v) is 4.13. The Morgan fingerprint density at radius 3 is 2.84 bits per heavy atom. The van der Waals surface area contributed by atoms with Gasteiger partial charge in [0.25, 0.3) is 5.91 Å². The minimum Gasteiger partial charge on any atom is -0.494 e. The Labute approximate surface area is 145 Å². The van der Waals surface area contributed by atoms with E-state index in [0.717, 1.165) is 0 Å². The predicted molar refractivity (Wildman–Crippen MR) is 91.6 cm³/mol. The third-order valence-electron chi connectivity index (χ3n) is 4.13. The molecule has 0 aliphatic carbocycles. The van der Waals surface area contributed by atoms with Gasteiger partial charge in [0.2, 0.25) is 0 Å². The molecule has 0 aromatic heterocycles. The Hall–Kier alpha value is -2.60. The zero-order valence-corrected chi connectivity index (χ0v) is 14.3. The molecule has 0 bridgehead atoms. The standard InChI is InChI=1S/C19H20FNO4/c1-19(2)10-15(22)12-5-4-6-14(17(12)25-19)21-18(23)11-7-8-13(20)16(9-11)24-3/h4-9,15,22H,10H2,1-3H3,(H,21,23). The maximum atomic E-state index is 13.5. The lowest BCUT2D eigenvalue weighted by molar-refractivity contribution is 0.0121. The van der Waals surface area contributed by atoms with E-state index >= 15 is 0 Å². The first kappa shape index (κ1) is 17.2. The molecule has 5 nitrogen and oxygen atoms in total. The molecule has 2 aromatic rings.